The second-order valence-electron chi connectivity index (χ2n) is 9.35. The Bertz CT molecular complexity index is 1240. The fraction of sp³-hybridized carbons (Fsp3) is 0.241. The quantitative estimate of drug-likeness (QED) is 0.503. The zero-order chi connectivity index (χ0) is 24.7. The van der Waals surface area contributed by atoms with Crippen LogP contribution in [0.1, 0.15) is 36.5 Å². The minimum Gasteiger partial charge on any atom is -0.272 e. The predicted octanol–water partition coefficient (Wildman–Crippen LogP) is 5.46. The van der Waals surface area contributed by atoms with E-state index >= 15 is 0 Å². The van der Waals surface area contributed by atoms with Crippen molar-refractivity contribution in [3.63, 3.8) is 0 Å². The Morgan fingerprint density at radius 3 is 1.40 bits per heavy atom. The highest BCUT2D eigenvalue weighted by molar-refractivity contribution is 6.19. The first-order chi connectivity index (χ1) is 16.8. The van der Waals surface area contributed by atoms with Crippen LogP contribution >= 0.6 is 0 Å². The van der Waals surface area contributed by atoms with Gasteiger partial charge >= 0.3 is 0 Å². The maximum Gasteiger partial charge on any atom is 0.256 e. The van der Waals surface area contributed by atoms with Crippen LogP contribution in [0.5, 0.6) is 0 Å². The van der Waals surface area contributed by atoms with Crippen molar-refractivity contribution in [2.24, 2.45) is 22.0 Å². The molecule has 0 saturated carbocycles. The molecular weight excluding hydrogens is 436 g/mol. The molecule has 2 aliphatic heterocycles. The molecule has 0 unspecified atom stereocenters. The summed E-state index contributed by atoms with van der Waals surface area (Å²) in [6.45, 7) is 7.75. The summed E-state index contributed by atoms with van der Waals surface area (Å²) in [4.78, 5) is 27.6. The van der Waals surface area contributed by atoms with Crippen molar-refractivity contribution in [3.05, 3.63) is 95.6 Å². The number of aryl methyl sites for hydroxylation is 2. The lowest BCUT2D eigenvalue weighted by molar-refractivity contribution is -0.122. The van der Waals surface area contributed by atoms with Crippen molar-refractivity contribution in [2.45, 2.75) is 33.6 Å². The summed E-state index contributed by atoms with van der Waals surface area (Å²) in [5, 5.41) is 12.2. The van der Waals surface area contributed by atoms with E-state index < -0.39 is 17.8 Å². The average molecular weight is 465 g/mol. The van der Waals surface area contributed by atoms with E-state index in [1.54, 1.807) is 0 Å². The molecule has 2 heterocycles. The van der Waals surface area contributed by atoms with Gasteiger partial charge in [0, 0.05) is 17.3 Å². The highest BCUT2D eigenvalue weighted by Gasteiger charge is 2.50. The van der Waals surface area contributed by atoms with Crippen LogP contribution in [-0.4, -0.2) is 23.2 Å². The Kier molecular flexibility index (Phi) is 5.81. The molecule has 0 N–H and O–H groups in total. The lowest BCUT2D eigenvalue weighted by atomic mass is 9.73. The van der Waals surface area contributed by atoms with E-state index in [4.69, 9.17) is 0 Å². The smallest absolute Gasteiger partial charge is 0.256 e. The molecule has 0 spiro atoms. The fourth-order valence-electron chi connectivity index (χ4n) is 4.98. The topological polar surface area (TPSA) is 65.3 Å². The normalized spacial score (nSPS) is 20.0. The first-order valence-corrected chi connectivity index (χ1v) is 11.8. The number of carbonyl (C=O) groups is 2. The van der Waals surface area contributed by atoms with Crippen LogP contribution in [0.15, 0.2) is 89.1 Å². The number of anilines is 2. The average Bonchev–Trinajstić information content (AvgIpc) is 3.31. The van der Waals surface area contributed by atoms with E-state index in [1.807, 2.05) is 107 Å². The molecular formula is C29H28N4O2. The SMILES string of the molecule is CC1=NN(c2ccc(C)cc2)C(=O)[C@@H]1C(c1ccccc1)[C@H]1C(=O)N(c2ccc(C)cc2)N=C1C. The van der Waals surface area contributed by atoms with Gasteiger partial charge in [0.1, 0.15) is 0 Å². The highest BCUT2D eigenvalue weighted by atomic mass is 16.2. The van der Waals surface area contributed by atoms with E-state index in [9.17, 15) is 9.59 Å². The van der Waals surface area contributed by atoms with Crippen molar-refractivity contribution in [1.29, 1.82) is 0 Å². The van der Waals surface area contributed by atoms with Gasteiger partial charge in [-0.05, 0) is 57.5 Å². The summed E-state index contributed by atoms with van der Waals surface area (Å²) in [5.41, 5.74) is 5.97. The van der Waals surface area contributed by atoms with Gasteiger partial charge in [0.2, 0.25) is 0 Å². The molecule has 3 aromatic carbocycles. The Morgan fingerprint density at radius 2 is 1.00 bits per heavy atom. The first-order valence-electron chi connectivity index (χ1n) is 11.8. The second-order valence-corrected chi connectivity index (χ2v) is 9.35. The number of hydrazone groups is 2. The van der Waals surface area contributed by atoms with Crippen molar-refractivity contribution in [1.82, 2.24) is 0 Å². The summed E-state index contributed by atoms with van der Waals surface area (Å²) < 4.78 is 0. The minimum atomic E-state index is -0.573. The Balaban J connectivity index is 1.54. The maximum absolute atomic E-state index is 13.8. The summed E-state index contributed by atoms with van der Waals surface area (Å²) in [7, 11) is 0. The van der Waals surface area contributed by atoms with E-state index in [1.165, 1.54) is 10.0 Å². The largest absolute Gasteiger partial charge is 0.272 e. The summed E-state index contributed by atoms with van der Waals surface area (Å²) in [5.74, 6) is -1.83. The summed E-state index contributed by atoms with van der Waals surface area (Å²) in [6.07, 6.45) is 0. The molecule has 2 amide bonds. The first kappa shape index (κ1) is 22.7. The Hall–Kier alpha value is -4.06. The predicted molar refractivity (Wildman–Crippen MR) is 140 cm³/mol. The van der Waals surface area contributed by atoms with Gasteiger partial charge in [0.15, 0.2) is 0 Å². The van der Waals surface area contributed by atoms with Gasteiger partial charge in [0.25, 0.3) is 11.8 Å². The number of rotatable bonds is 5. The summed E-state index contributed by atoms with van der Waals surface area (Å²) in [6, 6.07) is 25.2. The standard InChI is InChI=1S/C29H28N4O2/c1-18-10-14-23(15-11-18)32-28(34)25(20(3)30-32)27(22-8-6-5-7-9-22)26-21(4)31-33(29(26)35)24-16-12-19(2)13-17-24/h5-17,25-27H,1-4H3/t25-,26-/m0/s1. The number of hydrogen-bond donors (Lipinski definition) is 0. The van der Waals surface area contributed by atoms with Crippen LogP contribution in [0.2, 0.25) is 0 Å². The molecule has 0 radical (unpaired) electrons. The van der Waals surface area contributed by atoms with Gasteiger partial charge in [-0.25, -0.2) is 10.0 Å². The van der Waals surface area contributed by atoms with Crippen LogP contribution in [0.25, 0.3) is 0 Å². The minimum absolute atomic E-state index is 0.130. The van der Waals surface area contributed by atoms with Gasteiger partial charge in [-0.15, -0.1) is 0 Å². The van der Waals surface area contributed by atoms with E-state index in [2.05, 4.69) is 10.2 Å². The van der Waals surface area contributed by atoms with Crippen molar-refractivity contribution in [2.75, 3.05) is 10.0 Å². The third kappa shape index (κ3) is 4.05. The van der Waals surface area contributed by atoms with Gasteiger partial charge in [-0.2, -0.15) is 10.2 Å². The molecule has 0 aliphatic carbocycles. The molecule has 2 atom stereocenters. The lowest BCUT2D eigenvalue weighted by Crippen LogP contribution is -2.40. The van der Waals surface area contributed by atoms with Gasteiger partial charge < -0.3 is 0 Å². The van der Waals surface area contributed by atoms with Crippen LogP contribution < -0.4 is 10.0 Å². The Morgan fingerprint density at radius 1 is 0.600 bits per heavy atom. The lowest BCUT2D eigenvalue weighted by Gasteiger charge is -2.28. The zero-order valence-electron chi connectivity index (χ0n) is 20.3. The maximum atomic E-state index is 13.8. The van der Waals surface area contributed by atoms with Crippen LogP contribution in [0, 0.1) is 25.7 Å². The summed E-state index contributed by atoms with van der Waals surface area (Å²) >= 11 is 0. The van der Waals surface area contributed by atoms with Gasteiger partial charge in [0.05, 0.1) is 23.2 Å². The van der Waals surface area contributed by atoms with Crippen LogP contribution in [0.3, 0.4) is 0 Å². The molecule has 0 aromatic heterocycles. The van der Waals surface area contributed by atoms with Crippen LogP contribution in [-0.2, 0) is 9.59 Å². The molecule has 0 bridgehead atoms. The van der Waals surface area contributed by atoms with Gasteiger partial charge in [-0.1, -0.05) is 65.7 Å². The molecule has 3 aromatic rings. The third-order valence-electron chi connectivity index (χ3n) is 6.83. The second kappa shape index (κ2) is 8.95. The Labute approximate surface area is 205 Å². The van der Waals surface area contributed by atoms with Crippen molar-refractivity contribution in [3.8, 4) is 0 Å². The molecule has 176 valence electrons. The number of amides is 2. The molecule has 6 heteroatoms. The molecule has 0 saturated heterocycles. The number of carbonyl (C=O) groups excluding carboxylic acids is 2. The molecule has 5 rings (SSSR count). The number of nitrogens with zero attached hydrogens (tertiary/aromatic N) is 4. The number of benzene rings is 3. The third-order valence-corrected chi connectivity index (χ3v) is 6.83. The molecule has 6 nitrogen and oxygen atoms in total. The zero-order valence-corrected chi connectivity index (χ0v) is 20.3. The van der Waals surface area contributed by atoms with Crippen LogP contribution in [0.4, 0.5) is 11.4 Å². The molecule has 35 heavy (non-hydrogen) atoms. The van der Waals surface area contributed by atoms with Crippen molar-refractivity contribution < 1.29 is 9.59 Å². The van der Waals surface area contributed by atoms with Gasteiger partial charge in [-0.3, -0.25) is 9.59 Å². The number of hydrogen-bond acceptors (Lipinski definition) is 4. The molecule has 2 aliphatic rings. The van der Waals surface area contributed by atoms with E-state index in [-0.39, 0.29) is 11.8 Å². The van der Waals surface area contributed by atoms with E-state index in [0.717, 1.165) is 28.1 Å². The van der Waals surface area contributed by atoms with E-state index in [0.29, 0.717) is 11.4 Å². The molecule has 0 fully saturated rings. The van der Waals surface area contributed by atoms with Crippen molar-refractivity contribution >= 4 is 34.6 Å². The highest BCUT2D eigenvalue weighted by Crippen LogP contribution is 2.42. The fourth-order valence-corrected chi connectivity index (χ4v) is 4.98. The monoisotopic (exact) mass is 464 g/mol.